The molecule has 0 radical (unpaired) electrons. The Balaban J connectivity index is 2.38. The van der Waals surface area contributed by atoms with Gasteiger partial charge in [0, 0.05) is 0 Å². The van der Waals surface area contributed by atoms with Gasteiger partial charge in [-0.3, -0.25) is 4.79 Å². The van der Waals surface area contributed by atoms with Crippen molar-refractivity contribution in [2.24, 2.45) is 5.92 Å². The summed E-state index contributed by atoms with van der Waals surface area (Å²) in [7, 11) is 0. The van der Waals surface area contributed by atoms with Crippen molar-refractivity contribution in [3.05, 3.63) is 36.5 Å². The molecule has 2 nitrogen and oxygen atoms in total. The fraction of sp³-hybridized carbons (Fsp3) is 0.222. The van der Waals surface area contributed by atoms with E-state index in [-0.39, 0.29) is 17.9 Å². The Morgan fingerprint density at radius 2 is 1.91 bits per heavy atom. The van der Waals surface area contributed by atoms with Crippen molar-refractivity contribution in [2.75, 3.05) is 0 Å². The van der Waals surface area contributed by atoms with E-state index in [9.17, 15) is 4.79 Å². The maximum atomic E-state index is 11.2. The zero-order chi connectivity index (χ0) is 7.68. The van der Waals surface area contributed by atoms with Crippen molar-refractivity contribution in [3.8, 4) is 0 Å². The van der Waals surface area contributed by atoms with E-state index >= 15 is 0 Å². The monoisotopic (exact) mass is 147 g/mol. The number of amides is 1. The van der Waals surface area contributed by atoms with E-state index < -0.39 is 0 Å². The third-order valence-electron chi connectivity index (χ3n) is 1.89. The molecular weight excluding hydrogens is 138 g/mol. The van der Waals surface area contributed by atoms with Crippen LogP contribution in [0, 0.1) is 5.92 Å². The fourth-order valence-corrected chi connectivity index (χ4v) is 1.27. The van der Waals surface area contributed by atoms with Gasteiger partial charge in [0.1, 0.15) is 0 Å². The van der Waals surface area contributed by atoms with Crippen LogP contribution in [0.25, 0.3) is 0 Å². The molecule has 0 aromatic carbocycles. The van der Waals surface area contributed by atoms with Gasteiger partial charge in [-0.25, -0.2) is 0 Å². The maximum Gasteiger partial charge on any atom is 0.231 e. The average molecular weight is 147 g/mol. The molecule has 2 bridgehead atoms. The predicted octanol–water partition coefficient (Wildman–Crippen LogP) is 0.783. The Labute approximate surface area is 65.3 Å². The summed E-state index contributed by atoms with van der Waals surface area (Å²) >= 11 is 0. The molecule has 0 saturated heterocycles. The van der Waals surface area contributed by atoms with E-state index in [0.29, 0.717) is 0 Å². The SMILES string of the molecule is O=C1N[C@@H]2C=CC=C[C@@H]1C=C2. The summed E-state index contributed by atoms with van der Waals surface area (Å²) in [5, 5.41) is 2.85. The van der Waals surface area contributed by atoms with Crippen LogP contribution in [0.3, 0.4) is 0 Å². The molecular formula is C9H9NO. The van der Waals surface area contributed by atoms with Gasteiger partial charge in [0.05, 0.1) is 12.0 Å². The second-order valence-corrected chi connectivity index (χ2v) is 2.71. The first kappa shape index (κ1) is 6.40. The highest BCUT2D eigenvalue weighted by Gasteiger charge is 2.19. The highest BCUT2D eigenvalue weighted by molar-refractivity contribution is 5.84. The van der Waals surface area contributed by atoms with E-state index in [1.807, 2.05) is 36.5 Å². The zero-order valence-corrected chi connectivity index (χ0v) is 6.03. The first-order valence-corrected chi connectivity index (χ1v) is 3.70. The maximum absolute atomic E-state index is 11.2. The van der Waals surface area contributed by atoms with Crippen LogP contribution in [0.5, 0.6) is 0 Å². The first-order valence-electron chi connectivity index (χ1n) is 3.70. The number of hydrogen-bond acceptors (Lipinski definition) is 1. The van der Waals surface area contributed by atoms with Crippen LogP contribution in [-0.4, -0.2) is 11.9 Å². The molecule has 0 aromatic heterocycles. The third kappa shape index (κ3) is 1.11. The van der Waals surface area contributed by atoms with Crippen molar-refractivity contribution in [2.45, 2.75) is 6.04 Å². The quantitative estimate of drug-likeness (QED) is 0.504. The van der Waals surface area contributed by atoms with Gasteiger partial charge in [0.25, 0.3) is 0 Å². The largest absolute Gasteiger partial charge is 0.346 e. The summed E-state index contributed by atoms with van der Waals surface area (Å²) in [6, 6.07) is 0.101. The Kier molecular flexibility index (Phi) is 1.39. The molecule has 0 fully saturated rings. The van der Waals surface area contributed by atoms with E-state index in [1.54, 1.807) is 0 Å². The van der Waals surface area contributed by atoms with Crippen molar-refractivity contribution < 1.29 is 4.79 Å². The summed E-state index contributed by atoms with van der Waals surface area (Å²) in [6.07, 6.45) is 11.7. The molecule has 3 rings (SSSR count). The van der Waals surface area contributed by atoms with Gasteiger partial charge in [-0.1, -0.05) is 36.5 Å². The summed E-state index contributed by atoms with van der Waals surface area (Å²) in [6.45, 7) is 0. The smallest absolute Gasteiger partial charge is 0.231 e. The van der Waals surface area contributed by atoms with Gasteiger partial charge in [-0.15, -0.1) is 0 Å². The molecule has 2 aliphatic heterocycles. The van der Waals surface area contributed by atoms with Gasteiger partial charge in [0.15, 0.2) is 0 Å². The van der Waals surface area contributed by atoms with Gasteiger partial charge in [-0.2, -0.15) is 0 Å². The molecule has 2 atom stereocenters. The average Bonchev–Trinajstić information content (AvgIpc) is 1.92. The minimum atomic E-state index is -0.0591. The van der Waals surface area contributed by atoms with Crippen LogP contribution in [0.1, 0.15) is 0 Å². The van der Waals surface area contributed by atoms with E-state index in [1.165, 1.54) is 0 Å². The molecule has 2 heteroatoms. The van der Waals surface area contributed by atoms with Crippen LogP contribution < -0.4 is 5.32 Å². The normalized spacial score (nSPS) is 33.3. The van der Waals surface area contributed by atoms with Gasteiger partial charge >= 0.3 is 0 Å². The number of fused-ring (bicyclic) bond motifs is 2. The molecule has 3 aliphatic rings. The Morgan fingerprint density at radius 1 is 1.09 bits per heavy atom. The molecule has 2 heterocycles. The van der Waals surface area contributed by atoms with Crippen molar-refractivity contribution in [3.63, 3.8) is 0 Å². The predicted molar refractivity (Wildman–Crippen MR) is 42.8 cm³/mol. The Morgan fingerprint density at radius 3 is 2.73 bits per heavy atom. The molecule has 0 spiro atoms. The minimum Gasteiger partial charge on any atom is -0.346 e. The summed E-state index contributed by atoms with van der Waals surface area (Å²) in [5.74, 6) is 0.0364. The molecule has 11 heavy (non-hydrogen) atoms. The second-order valence-electron chi connectivity index (χ2n) is 2.71. The minimum absolute atomic E-state index is 0.0591. The second kappa shape index (κ2) is 2.38. The van der Waals surface area contributed by atoms with Crippen molar-refractivity contribution in [1.82, 2.24) is 5.32 Å². The standard InChI is InChI=1S/C9H9NO/c11-9-7-3-1-2-4-8(10-9)6-5-7/h1-8H,(H,10,11)/t7-,8-/m1/s1. The lowest BCUT2D eigenvalue weighted by Crippen LogP contribution is -2.39. The van der Waals surface area contributed by atoms with Crippen molar-refractivity contribution >= 4 is 5.91 Å². The molecule has 0 unspecified atom stereocenters. The topological polar surface area (TPSA) is 29.1 Å². The van der Waals surface area contributed by atoms with Gasteiger partial charge in [-0.05, 0) is 0 Å². The van der Waals surface area contributed by atoms with Crippen LogP contribution in [-0.2, 0) is 4.79 Å². The third-order valence-corrected chi connectivity index (χ3v) is 1.89. The number of carbonyl (C=O) groups is 1. The van der Waals surface area contributed by atoms with E-state index in [2.05, 4.69) is 5.32 Å². The highest BCUT2D eigenvalue weighted by Crippen LogP contribution is 2.12. The molecule has 0 saturated carbocycles. The van der Waals surface area contributed by atoms with E-state index in [4.69, 9.17) is 0 Å². The lowest BCUT2D eigenvalue weighted by atomic mass is 9.99. The fourth-order valence-electron chi connectivity index (χ4n) is 1.27. The van der Waals surface area contributed by atoms with Crippen molar-refractivity contribution in [1.29, 1.82) is 0 Å². The highest BCUT2D eigenvalue weighted by atomic mass is 16.1. The molecule has 1 amide bonds. The van der Waals surface area contributed by atoms with E-state index in [0.717, 1.165) is 0 Å². The summed E-state index contributed by atoms with van der Waals surface area (Å²) in [5.41, 5.74) is 0. The number of rotatable bonds is 0. The number of nitrogens with one attached hydrogen (secondary N) is 1. The van der Waals surface area contributed by atoms with Gasteiger partial charge in [0.2, 0.25) is 5.91 Å². The van der Waals surface area contributed by atoms with Gasteiger partial charge < -0.3 is 5.32 Å². The molecule has 56 valence electrons. The van der Waals surface area contributed by atoms with Crippen LogP contribution in [0.15, 0.2) is 36.5 Å². The Hall–Kier alpha value is -1.31. The summed E-state index contributed by atoms with van der Waals surface area (Å²) in [4.78, 5) is 11.2. The van der Waals surface area contributed by atoms with Crippen LogP contribution >= 0.6 is 0 Å². The zero-order valence-electron chi connectivity index (χ0n) is 6.03. The van der Waals surface area contributed by atoms with Crippen LogP contribution in [0.4, 0.5) is 0 Å². The Bertz CT molecular complexity index is 263. The number of allylic oxidation sites excluding steroid dienone is 2. The van der Waals surface area contributed by atoms with Crippen LogP contribution in [0.2, 0.25) is 0 Å². The lowest BCUT2D eigenvalue weighted by molar-refractivity contribution is -0.123. The molecule has 1 aliphatic carbocycles. The number of carbonyl (C=O) groups excluding carboxylic acids is 1. The molecule has 1 N–H and O–H groups in total. The molecule has 0 aromatic rings. The summed E-state index contributed by atoms with van der Waals surface area (Å²) < 4.78 is 0. The first-order chi connectivity index (χ1) is 5.36. The number of hydrogen-bond donors (Lipinski definition) is 1. The lowest BCUT2D eigenvalue weighted by Gasteiger charge is -2.20.